The van der Waals surface area contributed by atoms with Crippen LogP contribution in [-0.2, 0) is 6.42 Å². The highest BCUT2D eigenvalue weighted by Gasteiger charge is 1.95. The second-order valence-electron chi connectivity index (χ2n) is 7.89. The molecule has 0 amide bonds. The Balaban J connectivity index is 2.20. The Kier molecular flexibility index (Phi) is 12.8. The summed E-state index contributed by atoms with van der Waals surface area (Å²) in [5.41, 5.74) is 7.16. The molecule has 0 aliphatic rings. The Bertz CT molecular complexity index is 678. The molecule has 0 unspecified atom stereocenters. The van der Waals surface area contributed by atoms with Gasteiger partial charge in [-0.15, -0.1) is 0 Å². The zero-order valence-electron chi connectivity index (χ0n) is 18.8. The molecule has 1 aromatic rings. The molecule has 1 heterocycles. The van der Waals surface area contributed by atoms with Gasteiger partial charge in [0.05, 0.1) is 12.5 Å². The molecule has 28 heavy (non-hydrogen) atoms. The number of hydrogen-bond donors (Lipinski definition) is 0. The van der Waals surface area contributed by atoms with Crippen LogP contribution >= 0.6 is 0 Å². The molecule has 0 N–H and O–H groups in total. The first-order valence-electron chi connectivity index (χ1n) is 10.8. The monoisotopic (exact) mass is 380 g/mol. The van der Waals surface area contributed by atoms with E-state index in [0.717, 1.165) is 38.5 Å². The summed E-state index contributed by atoms with van der Waals surface area (Å²) in [5.74, 6) is 0. The zero-order chi connectivity index (χ0) is 20.6. The van der Waals surface area contributed by atoms with Gasteiger partial charge in [-0.2, -0.15) is 0 Å². The van der Waals surface area contributed by atoms with E-state index in [9.17, 15) is 0 Å². The van der Waals surface area contributed by atoms with Gasteiger partial charge in [-0.25, -0.2) is 0 Å². The summed E-state index contributed by atoms with van der Waals surface area (Å²) in [6.07, 6.45) is 26.5. The lowest BCUT2D eigenvalue weighted by Gasteiger charge is -2.03. The highest BCUT2D eigenvalue weighted by Crippen LogP contribution is 2.14. The van der Waals surface area contributed by atoms with Gasteiger partial charge in [0.15, 0.2) is 0 Å². The predicted octanol–water partition coefficient (Wildman–Crippen LogP) is 8.91. The van der Waals surface area contributed by atoms with Crippen molar-refractivity contribution in [3.05, 3.63) is 82.9 Å². The molecule has 1 aromatic heterocycles. The molecule has 0 radical (unpaired) electrons. The summed E-state index contributed by atoms with van der Waals surface area (Å²) in [7, 11) is 0. The molecule has 1 nitrogen and oxygen atoms in total. The molecule has 0 aromatic carbocycles. The van der Waals surface area contributed by atoms with Crippen molar-refractivity contribution in [2.45, 2.75) is 86.0 Å². The molecule has 1 rings (SSSR count). The topological polar surface area (TPSA) is 13.1 Å². The van der Waals surface area contributed by atoms with Crippen LogP contribution in [-0.4, -0.2) is 0 Å². The van der Waals surface area contributed by atoms with Crippen molar-refractivity contribution in [1.29, 1.82) is 0 Å². The zero-order valence-corrected chi connectivity index (χ0v) is 18.8. The SMILES string of the molecule is C/C=C/C(C)=C/CC/C(C)=C/CC/C(C)=C/CC/C(C)=C/CCc1ccoc1. The Morgan fingerprint density at radius 3 is 1.82 bits per heavy atom. The van der Waals surface area contributed by atoms with Crippen LogP contribution in [0.3, 0.4) is 0 Å². The van der Waals surface area contributed by atoms with Gasteiger partial charge in [0.2, 0.25) is 0 Å². The molecule has 0 aliphatic heterocycles. The lowest BCUT2D eigenvalue weighted by atomic mass is 10.0. The van der Waals surface area contributed by atoms with Crippen molar-refractivity contribution < 1.29 is 4.42 Å². The maximum Gasteiger partial charge on any atom is 0.0934 e. The number of aryl methyl sites for hydroxylation is 1. The second-order valence-corrected chi connectivity index (χ2v) is 7.89. The predicted molar refractivity (Wildman–Crippen MR) is 125 cm³/mol. The molecule has 0 bridgehead atoms. The minimum absolute atomic E-state index is 1.07. The summed E-state index contributed by atoms with van der Waals surface area (Å²) in [6, 6.07) is 2.05. The van der Waals surface area contributed by atoms with Crippen molar-refractivity contribution in [1.82, 2.24) is 0 Å². The molecule has 0 spiro atoms. The Morgan fingerprint density at radius 1 is 0.786 bits per heavy atom. The first kappa shape index (κ1) is 24.0. The molecule has 154 valence electrons. The van der Waals surface area contributed by atoms with Crippen LogP contribution in [0.2, 0.25) is 0 Å². The summed E-state index contributed by atoms with van der Waals surface area (Å²) >= 11 is 0. The van der Waals surface area contributed by atoms with Crippen LogP contribution < -0.4 is 0 Å². The van der Waals surface area contributed by atoms with Gasteiger partial charge in [0, 0.05) is 0 Å². The smallest absolute Gasteiger partial charge is 0.0934 e. The molecule has 0 fully saturated rings. The maximum atomic E-state index is 5.11. The van der Waals surface area contributed by atoms with Crippen LogP contribution in [0, 0.1) is 0 Å². The van der Waals surface area contributed by atoms with Crippen LogP contribution in [0.1, 0.15) is 85.1 Å². The van der Waals surface area contributed by atoms with E-state index in [1.54, 1.807) is 6.26 Å². The molecule has 0 aliphatic carbocycles. The van der Waals surface area contributed by atoms with Gasteiger partial charge in [-0.1, -0.05) is 58.7 Å². The molecular weight excluding hydrogens is 340 g/mol. The third kappa shape index (κ3) is 12.4. The summed E-state index contributed by atoms with van der Waals surface area (Å²) in [6.45, 7) is 11.0. The fourth-order valence-corrected chi connectivity index (χ4v) is 3.18. The standard InChI is InChI=1S/C27H40O/c1-6-11-23(2)12-7-13-24(3)14-8-15-25(4)16-9-17-26(5)18-10-19-27-20-21-28-22-27/h6,11-12,14,16,18,20-22H,7-10,13,15,17,19H2,1-5H3/b11-6+,23-12+,24-14+,25-16+,26-18+. The summed E-state index contributed by atoms with van der Waals surface area (Å²) in [4.78, 5) is 0. The van der Waals surface area contributed by atoms with E-state index in [1.807, 2.05) is 12.3 Å². The van der Waals surface area contributed by atoms with E-state index >= 15 is 0 Å². The van der Waals surface area contributed by atoms with Crippen LogP contribution in [0.15, 0.2) is 81.8 Å². The van der Waals surface area contributed by atoms with Gasteiger partial charge in [0.25, 0.3) is 0 Å². The van der Waals surface area contributed by atoms with Crippen LogP contribution in [0.4, 0.5) is 0 Å². The van der Waals surface area contributed by atoms with Gasteiger partial charge in [-0.3, -0.25) is 0 Å². The minimum atomic E-state index is 1.07. The van der Waals surface area contributed by atoms with Crippen molar-refractivity contribution in [2.75, 3.05) is 0 Å². The first-order valence-corrected chi connectivity index (χ1v) is 10.8. The second kappa shape index (κ2) is 15.0. The number of hydrogen-bond acceptors (Lipinski definition) is 1. The average Bonchev–Trinajstić information content (AvgIpc) is 3.15. The third-order valence-corrected chi connectivity index (χ3v) is 5.00. The van der Waals surface area contributed by atoms with Crippen molar-refractivity contribution in [2.24, 2.45) is 0 Å². The van der Waals surface area contributed by atoms with Gasteiger partial charge in [-0.05, 0) is 97.6 Å². The minimum Gasteiger partial charge on any atom is -0.472 e. The molecule has 0 atom stereocenters. The molecule has 0 saturated heterocycles. The van der Waals surface area contributed by atoms with E-state index in [2.05, 4.69) is 71.1 Å². The van der Waals surface area contributed by atoms with E-state index in [1.165, 1.54) is 40.7 Å². The van der Waals surface area contributed by atoms with E-state index in [-0.39, 0.29) is 0 Å². The van der Waals surface area contributed by atoms with E-state index < -0.39 is 0 Å². The normalized spacial score (nSPS) is 14.3. The highest BCUT2D eigenvalue weighted by molar-refractivity contribution is 5.16. The highest BCUT2D eigenvalue weighted by atomic mass is 16.3. The van der Waals surface area contributed by atoms with Gasteiger partial charge >= 0.3 is 0 Å². The fourth-order valence-electron chi connectivity index (χ4n) is 3.18. The Labute approximate surface area is 173 Å². The lowest BCUT2D eigenvalue weighted by molar-refractivity contribution is 0.564. The molecule has 1 heteroatoms. The van der Waals surface area contributed by atoms with Crippen molar-refractivity contribution >= 4 is 0 Å². The van der Waals surface area contributed by atoms with Crippen molar-refractivity contribution in [3.8, 4) is 0 Å². The number of rotatable bonds is 13. The Morgan fingerprint density at radius 2 is 1.32 bits per heavy atom. The van der Waals surface area contributed by atoms with Gasteiger partial charge < -0.3 is 4.42 Å². The third-order valence-electron chi connectivity index (χ3n) is 5.00. The fraction of sp³-hybridized carbons (Fsp3) is 0.481. The summed E-state index contributed by atoms with van der Waals surface area (Å²) in [5, 5.41) is 0. The number of allylic oxidation sites excluding steroid dienone is 10. The number of furan rings is 1. The molecule has 0 saturated carbocycles. The average molecular weight is 381 g/mol. The first-order chi connectivity index (χ1) is 13.5. The Hall–Kier alpha value is -2.02. The quantitative estimate of drug-likeness (QED) is 0.246. The van der Waals surface area contributed by atoms with Crippen molar-refractivity contribution in [3.63, 3.8) is 0 Å². The largest absolute Gasteiger partial charge is 0.472 e. The maximum absolute atomic E-state index is 5.11. The van der Waals surface area contributed by atoms with Crippen LogP contribution in [0.5, 0.6) is 0 Å². The molecular formula is C27H40O. The van der Waals surface area contributed by atoms with Crippen LogP contribution in [0.25, 0.3) is 0 Å². The van der Waals surface area contributed by atoms with Gasteiger partial charge in [0.1, 0.15) is 0 Å². The van der Waals surface area contributed by atoms with E-state index in [0.29, 0.717) is 0 Å². The van der Waals surface area contributed by atoms with E-state index in [4.69, 9.17) is 4.42 Å². The lowest BCUT2D eigenvalue weighted by Crippen LogP contribution is -1.83. The summed E-state index contributed by atoms with van der Waals surface area (Å²) < 4.78 is 5.11.